The maximum absolute atomic E-state index is 12.8. The summed E-state index contributed by atoms with van der Waals surface area (Å²) < 4.78 is 64.8. The Morgan fingerprint density at radius 2 is 1.96 bits per heavy atom. The second-order valence-corrected chi connectivity index (χ2v) is 7.57. The van der Waals surface area contributed by atoms with Crippen LogP contribution >= 0.6 is 11.3 Å². The topological polar surface area (TPSA) is 82.0 Å². The summed E-state index contributed by atoms with van der Waals surface area (Å²) in [6, 6.07) is 7.78. The number of sulfonamides is 1. The van der Waals surface area contributed by atoms with E-state index in [-0.39, 0.29) is 23.0 Å². The number of thiophene rings is 1. The summed E-state index contributed by atoms with van der Waals surface area (Å²) in [6.07, 6.45) is -4.64. The van der Waals surface area contributed by atoms with Crippen molar-refractivity contribution in [2.45, 2.75) is 10.4 Å². The average Bonchev–Trinajstić information content (AvgIpc) is 3.06. The molecular formula is C14H12F3N3O2S2. The fourth-order valence-electron chi connectivity index (χ4n) is 1.87. The van der Waals surface area contributed by atoms with Crippen LogP contribution in [0.25, 0.3) is 0 Å². The van der Waals surface area contributed by atoms with Crippen molar-refractivity contribution in [3.05, 3.63) is 46.8 Å². The first-order chi connectivity index (χ1) is 11.2. The third kappa shape index (κ3) is 4.47. The van der Waals surface area contributed by atoms with Crippen molar-refractivity contribution in [2.75, 3.05) is 18.4 Å². The van der Waals surface area contributed by atoms with E-state index in [0.717, 1.165) is 23.5 Å². The van der Waals surface area contributed by atoms with Crippen molar-refractivity contribution < 1.29 is 21.6 Å². The highest BCUT2D eigenvalue weighted by Crippen LogP contribution is 2.33. The standard InChI is InChI=1S/C14H12F3N3O2S2/c15-14(16,17)12-8-11(4-3-10(12)9-18)19-5-6-20-24(21,22)13-2-1-7-23-13/h1-4,7-8,19-20H,5-6H2. The van der Waals surface area contributed by atoms with Crippen LogP contribution in [0.5, 0.6) is 0 Å². The molecule has 0 saturated heterocycles. The van der Waals surface area contributed by atoms with Crippen molar-refractivity contribution in [3.8, 4) is 6.07 Å². The molecule has 5 nitrogen and oxygen atoms in total. The predicted molar refractivity (Wildman–Crippen MR) is 84.2 cm³/mol. The summed E-state index contributed by atoms with van der Waals surface area (Å²) in [5, 5.41) is 13.0. The molecule has 0 radical (unpaired) electrons. The van der Waals surface area contributed by atoms with Gasteiger partial charge in [-0.05, 0) is 29.6 Å². The number of hydrogen-bond acceptors (Lipinski definition) is 5. The summed E-state index contributed by atoms with van der Waals surface area (Å²) in [6.45, 7) is 0.0926. The molecule has 1 aromatic carbocycles. The van der Waals surface area contributed by atoms with Gasteiger partial charge >= 0.3 is 6.18 Å². The lowest BCUT2D eigenvalue weighted by Crippen LogP contribution is -2.28. The Labute approximate surface area is 140 Å². The molecule has 0 aliphatic carbocycles. The van der Waals surface area contributed by atoms with Gasteiger partial charge in [-0.15, -0.1) is 11.3 Å². The van der Waals surface area contributed by atoms with Gasteiger partial charge in [0.15, 0.2) is 0 Å². The van der Waals surface area contributed by atoms with Crippen molar-refractivity contribution >= 4 is 27.0 Å². The lowest BCUT2D eigenvalue weighted by molar-refractivity contribution is -0.137. The maximum atomic E-state index is 12.8. The van der Waals surface area contributed by atoms with Gasteiger partial charge in [0, 0.05) is 18.8 Å². The predicted octanol–water partition coefficient (Wildman–Crippen LogP) is 3.03. The van der Waals surface area contributed by atoms with Crippen LogP contribution in [-0.4, -0.2) is 21.5 Å². The minimum absolute atomic E-state index is 0.00157. The lowest BCUT2D eigenvalue weighted by atomic mass is 10.1. The first-order valence-corrected chi connectivity index (χ1v) is 8.99. The summed E-state index contributed by atoms with van der Waals surface area (Å²) in [5.41, 5.74) is -1.35. The molecule has 0 atom stereocenters. The Kier molecular flexibility index (Phi) is 5.48. The van der Waals surface area contributed by atoms with E-state index < -0.39 is 27.3 Å². The summed E-state index contributed by atoms with van der Waals surface area (Å²) in [5.74, 6) is 0. The van der Waals surface area contributed by atoms with Crippen LogP contribution < -0.4 is 10.0 Å². The average molecular weight is 375 g/mol. The maximum Gasteiger partial charge on any atom is 0.417 e. The van der Waals surface area contributed by atoms with Gasteiger partial charge in [0.2, 0.25) is 10.0 Å². The summed E-state index contributed by atoms with van der Waals surface area (Å²) >= 11 is 1.07. The highest BCUT2D eigenvalue weighted by Gasteiger charge is 2.33. The molecule has 2 aromatic rings. The Hall–Kier alpha value is -2.09. The van der Waals surface area contributed by atoms with E-state index in [1.165, 1.54) is 18.2 Å². The van der Waals surface area contributed by atoms with E-state index in [9.17, 15) is 21.6 Å². The molecule has 24 heavy (non-hydrogen) atoms. The van der Waals surface area contributed by atoms with Crippen LogP contribution in [0.4, 0.5) is 18.9 Å². The molecule has 1 heterocycles. The third-order valence-electron chi connectivity index (χ3n) is 2.95. The summed E-state index contributed by atoms with van der Waals surface area (Å²) in [7, 11) is -3.61. The van der Waals surface area contributed by atoms with Gasteiger partial charge in [0.25, 0.3) is 0 Å². The molecule has 0 fully saturated rings. The number of halogens is 3. The van der Waals surface area contributed by atoms with Gasteiger partial charge in [-0.1, -0.05) is 6.07 Å². The van der Waals surface area contributed by atoms with Crippen LogP contribution in [-0.2, 0) is 16.2 Å². The number of nitriles is 1. The summed E-state index contributed by atoms with van der Waals surface area (Å²) in [4.78, 5) is 0. The second-order valence-electron chi connectivity index (χ2n) is 4.63. The van der Waals surface area contributed by atoms with Gasteiger partial charge < -0.3 is 5.32 Å². The fraction of sp³-hybridized carbons (Fsp3) is 0.214. The molecule has 0 bridgehead atoms. The first kappa shape index (κ1) is 18.3. The lowest BCUT2D eigenvalue weighted by Gasteiger charge is -2.12. The highest BCUT2D eigenvalue weighted by molar-refractivity contribution is 7.91. The van der Waals surface area contributed by atoms with Crippen LogP contribution in [0.3, 0.4) is 0 Å². The number of nitrogens with one attached hydrogen (secondary N) is 2. The third-order valence-corrected chi connectivity index (χ3v) is 5.81. The van der Waals surface area contributed by atoms with Crippen molar-refractivity contribution in [2.24, 2.45) is 0 Å². The molecule has 0 spiro atoms. The van der Waals surface area contributed by atoms with Gasteiger partial charge in [-0.2, -0.15) is 18.4 Å². The molecule has 0 unspecified atom stereocenters. The number of rotatable bonds is 6. The molecular weight excluding hydrogens is 363 g/mol. The van der Waals surface area contributed by atoms with Crippen molar-refractivity contribution in [3.63, 3.8) is 0 Å². The molecule has 2 N–H and O–H groups in total. The second kappa shape index (κ2) is 7.21. The van der Waals surface area contributed by atoms with E-state index in [1.807, 2.05) is 0 Å². The molecule has 10 heteroatoms. The van der Waals surface area contributed by atoms with E-state index in [4.69, 9.17) is 5.26 Å². The van der Waals surface area contributed by atoms with E-state index in [2.05, 4.69) is 10.0 Å². The Morgan fingerprint density at radius 3 is 2.54 bits per heavy atom. The number of alkyl halides is 3. The van der Waals surface area contributed by atoms with Crippen LogP contribution in [0.1, 0.15) is 11.1 Å². The minimum atomic E-state index is -4.64. The number of anilines is 1. The quantitative estimate of drug-likeness (QED) is 0.761. The number of nitrogens with zero attached hydrogens (tertiary/aromatic N) is 1. The van der Waals surface area contributed by atoms with E-state index >= 15 is 0 Å². The molecule has 0 aliphatic rings. The van der Waals surface area contributed by atoms with Crippen molar-refractivity contribution in [1.82, 2.24) is 4.72 Å². The Morgan fingerprint density at radius 1 is 1.21 bits per heavy atom. The minimum Gasteiger partial charge on any atom is -0.384 e. The number of hydrogen-bond donors (Lipinski definition) is 2. The molecule has 128 valence electrons. The molecule has 2 rings (SSSR count). The number of benzene rings is 1. The van der Waals surface area contributed by atoms with Crippen LogP contribution in [0.15, 0.2) is 39.9 Å². The Bertz CT molecular complexity index is 841. The first-order valence-electron chi connectivity index (χ1n) is 6.62. The molecule has 0 aliphatic heterocycles. The van der Waals surface area contributed by atoms with Gasteiger partial charge in [-0.25, -0.2) is 13.1 Å². The molecule has 1 aromatic heterocycles. The zero-order valence-corrected chi connectivity index (χ0v) is 13.7. The molecule has 0 saturated carbocycles. The van der Waals surface area contributed by atoms with Crippen molar-refractivity contribution in [1.29, 1.82) is 5.26 Å². The zero-order chi connectivity index (χ0) is 17.8. The Balaban J connectivity index is 1.97. The van der Waals surface area contributed by atoms with E-state index in [0.29, 0.717) is 0 Å². The van der Waals surface area contributed by atoms with Gasteiger partial charge in [0.1, 0.15) is 4.21 Å². The fourth-order valence-corrected chi connectivity index (χ4v) is 3.94. The normalized spacial score (nSPS) is 11.9. The van der Waals surface area contributed by atoms with Gasteiger partial charge in [-0.3, -0.25) is 0 Å². The van der Waals surface area contributed by atoms with Gasteiger partial charge in [0.05, 0.1) is 17.2 Å². The van der Waals surface area contributed by atoms with Crippen LogP contribution in [0, 0.1) is 11.3 Å². The zero-order valence-electron chi connectivity index (χ0n) is 12.1. The molecule has 0 amide bonds. The van der Waals surface area contributed by atoms with E-state index in [1.54, 1.807) is 11.4 Å². The smallest absolute Gasteiger partial charge is 0.384 e. The highest BCUT2D eigenvalue weighted by atomic mass is 32.2. The SMILES string of the molecule is N#Cc1ccc(NCCNS(=O)(=O)c2cccs2)cc1C(F)(F)F. The largest absolute Gasteiger partial charge is 0.417 e. The monoisotopic (exact) mass is 375 g/mol. The van der Waals surface area contributed by atoms with Crippen LogP contribution in [0.2, 0.25) is 0 Å².